The summed E-state index contributed by atoms with van der Waals surface area (Å²) in [5, 5.41) is 14.5. The molecule has 0 aliphatic carbocycles. The number of hydrogen-bond donors (Lipinski definition) is 2. The van der Waals surface area contributed by atoms with Crippen molar-refractivity contribution in [1.82, 2.24) is 14.9 Å². The molecule has 0 unspecified atom stereocenters. The molecular weight excluding hydrogens is 542 g/mol. The van der Waals surface area contributed by atoms with Crippen molar-refractivity contribution in [2.75, 3.05) is 36.9 Å². The molecule has 0 saturated carbocycles. The third kappa shape index (κ3) is 6.81. The number of carboxylic acids is 1. The summed E-state index contributed by atoms with van der Waals surface area (Å²) < 4.78 is 0. The van der Waals surface area contributed by atoms with Crippen LogP contribution in [0.15, 0.2) is 66.7 Å². The van der Waals surface area contributed by atoms with Crippen LogP contribution >= 0.6 is 11.6 Å². The lowest BCUT2D eigenvalue weighted by Crippen LogP contribution is -2.38. The van der Waals surface area contributed by atoms with Crippen molar-refractivity contribution in [2.24, 2.45) is 0 Å². The van der Waals surface area contributed by atoms with Crippen molar-refractivity contribution in [3.63, 3.8) is 0 Å². The molecule has 210 valence electrons. The quantitative estimate of drug-likeness (QED) is 0.277. The van der Waals surface area contributed by atoms with E-state index in [1.807, 2.05) is 48.5 Å². The van der Waals surface area contributed by atoms with Gasteiger partial charge < -0.3 is 20.2 Å². The monoisotopic (exact) mass is 571 g/mol. The number of aromatic nitrogens is 2. The molecule has 1 aliphatic rings. The SMILES string of the molecule is CN(CC(=O)N1CCCC1)c1nc(Cc2ccc(NC(=O)c3ccc4ccccc4c3)cc2)nc(Cl)c1CC(=O)O. The molecule has 10 heteroatoms. The minimum absolute atomic E-state index is 0.0381. The van der Waals surface area contributed by atoms with Gasteiger partial charge in [0.15, 0.2) is 0 Å². The highest BCUT2D eigenvalue weighted by atomic mass is 35.5. The largest absolute Gasteiger partial charge is 0.481 e. The Hall–Kier alpha value is -4.50. The maximum Gasteiger partial charge on any atom is 0.308 e. The standard InChI is InChI=1S/C31H30ClN5O4/c1-36(19-27(38)37-14-4-5-15-37)30-25(18-28(39)40)29(32)34-26(35-30)16-20-8-12-24(13-9-20)33-31(41)23-11-10-21-6-2-3-7-22(21)17-23/h2-3,6-13,17H,4-5,14-16,18-19H2,1H3,(H,33,41)(H,39,40). The first kappa shape index (κ1) is 28.0. The highest BCUT2D eigenvalue weighted by molar-refractivity contribution is 6.30. The molecule has 2 N–H and O–H groups in total. The number of fused-ring (bicyclic) bond motifs is 1. The zero-order valence-corrected chi connectivity index (χ0v) is 23.4. The Kier molecular flexibility index (Phi) is 8.45. The lowest BCUT2D eigenvalue weighted by atomic mass is 10.1. The van der Waals surface area contributed by atoms with Gasteiger partial charge in [-0.25, -0.2) is 9.97 Å². The fourth-order valence-electron chi connectivity index (χ4n) is 4.95. The highest BCUT2D eigenvalue weighted by Gasteiger charge is 2.24. The van der Waals surface area contributed by atoms with E-state index >= 15 is 0 Å². The second kappa shape index (κ2) is 12.3. The second-order valence-electron chi connectivity index (χ2n) is 10.1. The number of halogens is 1. The summed E-state index contributed by atoms with van der Waals surface area (Å²) in [6, 6.07) is 20.8. The number of amides is 2. The maximum absolute atomic E-state index is 12.8. The van der Waals surface area contributed by atoms with Crippen LogP contribution in [-0.2, 0) is 22.4 Å². The van der Waals surface area contributed by atoms with Crippen LogP contribution < -0.4 is 10.2 Å². The Labute approximate surface area is 242 Å². The molecule has 2 heterocycles. The van der Waals surface area contributed by atoms with Crippen LogP contribution in [0.1, 0.15) is 40.2 Å². The smallest absolute Gasteiger partial charge is 0.308 e. The lowest BCUT2D eigenvalue weighted by Gasteiger charge is -2.24. The summed E-state index contributed by atoms with van der Waals surface area (Å²) in [5.74, 6) is -0.584. The van der Waals surface area contributed by atoms with Crippen LogP contribution in [0.25, 0.3) is 10.8 Å². The molecule has 1 saturated heterocycles. The third-order valence-electron chi connectivity index (χ3n) is 7.09. The Morgan fingerprint density at radius 2 is 1.68 bits per heavy atom. The molecule has 9 nitrogen and oxygen atoms in total. The number of carboxylic acid groups (broad SMARTS) is 1. The number of likely N-dealkylation sites (tertiary alicyclic amines) is 1. The van der Waals surface area contributed by atoms with Crippen molar-refractivity contribution in [2.45, 2.75) is 25.7 Å². The zero-order chi connectivity index (χ0) is 28.9. The van der Waals surface area contributed by atoms with Crippen LogP contribution in [0, 0.1) is 0 Å². The number of carbonyl (C=O) groups is 3. The van der Waals surface area contributed by atoms with Crippen LogP contribution in [0.5, 0.6) is 0 Å². The molecule has 2 amide bonds. The Bertz CT molecular complexity index is 1600. The minimum atomic E-state index is -1.06. The van der Waals surface area contributed by atoms with Crippen LogP contribution in [-0.4, -0.2) is 64.4 Å². The Balaban J connectivity index is 1.30. The van der Waals surface area contributed by atoms with Crippen molar-refractivity contribution in [3.8, 4) is 0 Å². The first-order chi connectivity index (χ1) is 19.8. The van der Waals surface area contributed by atoms with Crippen LogP contribution in [0.2, 0.25) is 5.15 Å². The molecule has 5 rings (SSSR count). The number of likely N-dealkylation sites (N-methyl/N-ethyl adjacent to an activating group) is 1. The van der Waals surface area contributed by atoms with Gasteiger partial charge in [-0.05, 0) is 53.4 Å². The predicted molar refractivity (Wildman–Crippen MR) is 159 cm³/mol. The minimum Gasteiger partial charge on any atom is -0.481 e. The van der Waals surface area contributed by atoms with E-state index in [1.165, 1.54) is 0 Å². The fourth-order valence-corrected chi connectivity index (χ4v) is 5.20. The molecule has 4 aromatic rings. The first-order valence-corrected chi connectivity index (χ1v) is 13.8. The number of anilines is 2. The van der Waals surface area contributed by atoms with Crippen molar-refractivity contribution in [1.29, 1.82) is 0 Å². The van der Waals surface area contributed by atoms with Crippen LogP contribution in [0.4, 0.5) is 11.5 Å². The molecule has 1 aromatic heterocycles. The molecule has 0 radical (unpaired) electrons. The summed E-state index contributed by atoms with van der Waals surface area (Å²) in [5.41, 5.74) is 2.35. The van der Waals surface area contributed by atoms with Gasteiger partial charge in [0.1, 0.15) is 16.8 Å². The molecule has 0 atom stereocenters. The van der Waals surface area contributed by atoms with Gasteiger partial charge in [0.2, 0.25) is 5.91 Å². The van der Waals surface area contributed by atoms with Gasteiger partial charge in [-0.3, -0.25) is 14.4 Å². The van der Waals surface area contributed by atoms with Gasteiger partial charge in [0, 0.05) is 43.4 Å². The van der Waals surface area contributed by atoms with E-state index in [9.17, 15) is 19.5 Å². The lowest BCUT2D eigenvalue weighted by molar-refractivity contribution is -0.136. The first-order valence-electron chi connectivity index (χ1n) is 13.4. The van der Waals surface area contributed by atoms with Gasteiger partial charge in [0.25, 0.3) is 5.91 Å². The fraction of sp³-hybridized carbons (Fsp3) is 0.258. The summed E-state index contributed by atoms with van der Waals surface area (Å²) in [6.07, 6.45) is 1.93. The number of aliphatic carboxylic acids is 1. The summed E-state index contributed by atoms with van der Waals surface area (Å²) in [7, 11) is 1.70. The van der Waals surface area contributed by atoms with Gasteiger partial charge in [-0.15, -0.1) is 0 Å². The molecule has 1 aliphatic heterocycles. The van der Waals surface area contributed by atoms with Gasteiger partial charge >= 0.3 is 5.97 Å². The van der Waals surface area contributed by atoms with E-state index in [-0.39, 0.29) is 35.5 Å². The molecular formula is C31H30ClN5O4. The van der Waals surface area contributed by atoms with E-state index in [0.717, 1.165) is 42.3 Å². The number of hydrogen-bond acceptors (Lipinski definition) is 6. The van der Waals surface area contributed by atoms with Crippen LogP contribution in [0.3, 0.4) is 0 Å². The highest BCUT2D eigenvalue weighted by Crippen LogP contribution is 2.26. The topological polar surface area (TPSA) is 116 Å². The van der Waals surface area contributed by atoms with Crippen molar-refractivity contribution >= 4 is 51.7 Å². The summed E-state index contributed by atoms with van der Waals surface area (Å²) in [4.78, 5) is 49.5. The second-order valence-corrected chi connectivity index (χ2v) is 10.5. The molecule has 3 aromatic carbocycles. The normalized spacial score (nSPS) is 12.9. The van der Waals surface area contributed by atoms with Gasteiger partial charge in [-0.2, -0.15) is 0 Å². The number of carbonyl (C=O) groups excluding carboxylic acids is 2. The van der Waals surface area contributed by atoms with Gasteiger partial charge in [0.05, 0.1) is 13.0 Å². The average molecular weight is 572 g/mol. The molecule has 1 fully saturated rings. The maximum atomic E-state index is 12.8. The van der Waals surface area contributed by atoms with Crippen molar-refractivity contribution in [3.05, 3.63) is 94.4 Å². The third-order valence-corrected chi connectivity index (χ3v) is 7.40. The van der Waals surface area contributed by atoms with Gasteiger partial charge in [-0.1, -0.05) is 54.1 Å². The average Bonchev–Trinajstić information content (AvgIpc) is 3.50. The summed E-state index contributed by atoms with van der Waals surface area (Å²) >= 11 is 6.45. The molecule has 0 spiro atoms. The Morgan fingerprint density at radius 3 is 2.39 bits per heavy atom. The Morgan fingerprint density at radius 1 is 0.976 bits per heavy atom. The summed E-state index contributed by atoms with van der Waals surface area (Å²) in [6.45, 7) is 1.51. The molecule has 41 heavy (non-hydrogen) atoms. The van der Waals surface area contributed by atoms with E-state index in [4.69, 9.17) is 11.6 Å². The predicted octanol–water partition coefficient (Wildman–Crippen LogP) is 4.81. The number of rotatable bonds is 9. The number of nitrogens with zero attached hydrogens (tertiary/aromatic N) is 4. The number of nitrogens with one attached hydrogen (secondary N) is 1. The van der Waals surface area contributed by atoms with E-state index in [1.54, 1.807) is 35.0 Å². The van der Waals surface area contributed by atoms with Crippen molar-refractivity contribution < 1.29 is 19.5 Å². The van der Waals surface area contributed by atoms with E-state index in [0.29, 0.717) is 29.3 Å². The zero-order valence-electron chi connectivity index (χ0n) is 22.6. The van der Waals surface area contributed by atoms with E-state index in [2.05, 4.69) is 15.3 Å². The van der Waals surface area contributed by atoms with E-state index < -0.39 is 5.97 Å². The number of benzene rings is 3. The molecule has 0 bridgehead atoms.